The van der Waals surface area contributed by atoms with Crippen molar-refractivity contribution in [1.29, 1.82) is 0 Å². The van der Waals surface area contributed by atoms with E-state index in [1.165, 1.54) is 6.08 Å². The van der Waals surface area contributed by atoms with Gasteiger partial charge in [-0.15, -0.1) is 5.73 Å². The van der Waals surface area contributed by atoms with Crippen molar-refractivity contribution in [2.24, 2.45) is 0 Å². The largest absolute Gasteiger partial charge is 0.452 e. The Bertz CT molecular complexity index is 1380. The second-order valence-corrected chi connectivity index (χ2v) is 30.0. The Morgan fingerprint density at radius 1 is 1.02 bits per heavy atom. The van der Waals surface area contributed by atoms with E-state index in [1.807, 2.05) is 73.4 Å². The first kappa shape index (κ1) is 37.2. The molecule has 1 aromatic heterocycles. The maximum absolute atomic E-state index is 16.9. The Labute approximate surface area is 257 Å². The minimum atomic E-state index is -3.81. The molecule has 244 valence electrons. The molecule has 9 nitrogen and oxygen atoms in total. The molecule has 2 rings (SSSR count). The number of ether oxygens (including phenoxy) is 2. The molecule has 2 heterocycles. The van der Waals surface area contributed by atoms with Crippen LogP contribution in [-0.2, 0) is 18.3 Å². The number of alkyl halides is 2. The molecule has 0 bridgehead atoms. The van der Waals surface area contributed by atoms with Gasteiger partial charge in [0.05, 0.1) is 21.8 Å². The third-order valence-corrected chi connectivity index (χ3v) is 18.5. The number of methoxy groups -OCH3 is 1. The summed E-state index contributed by atoms with van der Waals surface area (Å²) < 4.78 is 58.3. The highest BCUT2D eigenvalue weighted by Gasteiger charge is 2.69. The normalized spacial score (nSPS) is 23.1. The molecule has 0 saturated carbocycles. The van der Waals surface area contributed by atoms with Crippen molar-refractivity contribution in [2.75, 3.05) is 13.7 Å². The molecule has 0 radical (unpaired) electrons. The monoisotopic (exact) mass is 660 g/mol. The minimum Gasteiger partial charge on any atom is -0.452 e. The van der Waals surface area contributed by atoms with Gasteiger partial charge in [0.2, 0.25) is 6.23 Å². The molecule has 0 N–H and O–H groups in total. The Kier molecular flexibility index (Phi) is 10.5. The van der Waals surface area contributed by atoms with Crippen molar-refractivity contribution in [2.45, 2.75) is 121 Å². The van der Waals surface area contributed by atoms with Crippen molar-refractivity contribution >= 4 is 30.8 Å². The Hall–Kier alpha value is -1.94. The summed E-state index contributed by atoms with van der Waals surface area (Å²) in [7, 11) is -6.25. The number of aromatic nitrogens is 2. The topological polar surface area (TPSA) is 98.0 Å². The molecule has 0 unspecified atom stereocenters. The lowest BCUT2D eigenvalue weighted by molar-refractivity contribution is -0.140. The van der Waals surface area contributed by atoms with Crippen LogP contribution in [0, 0.1) is 0 Å². The summed E-state index contributed by atoms with van der Waals surface area (Å²) in [5, 5.41) is -0.685. The fraction of sp³-hybridized carbons (Fsp3) is 0.724. The fourth-order valence-electron chi connectivity index (χ4n) is 3.83. The van der Waals surface area contributed by atoms with Gasteiger partial charge in [0.15, 0.2) is 16.6 Å². The molecule has 1 fully saturated rings. The van der Waals surface area contributed by atoms with E-state index in [1.54, 1.807) is 0 Å². The molecule has 1 aliphatic rings. The lowest BCUT2D eigenvalue weighted by Crippen LogP contribution is -2.58. The lowest BCUT2D eigenvalue weighted by Gasteiger charge is -2.44. The van der Waals surface area contributed by atoms with Crippen molar-refractivity contribution in [1.82, 2.24) is 9.13 Å². The summed E-state index contributed by atoms with van der Waals surface area (Å²) in [4.78, 5) is 38.0. The van der Waals surface area contributed by atoms with Gasteiger partial charge in [-0.05, 0) is 42.3 Å². The summed E-state index contributed by atoms with van der Waals surface area (Å²) in [6, 6.07) is 0.842. The second kappa shape index (κ2) is 12.1. The zero-order valence-corrected chi connectivity index (χ0v) is 31.2. The van der Waals surface area contributed by atoms with Crippen molar-refractivity contribution in [3.05, 3.63) is 50.6 Å². The molecular weight excluding hydrogens is 611 g/mol. The van der Waals surface area contributed by atoms with Crippen LogP contribution in [0.5, 0.6) is 0 Å². The third kappa shape index (κ3) is 7.84. The van der Waals surface area contributed by atoms with Crippen LogP contribution >= 0.6 is 0 Å². The number of rotatable bonds is 8. The third-order valence-electron chi connectivity index (χ3n) is 8.60. The first-order valence-electron chi connectivity index (χ1n) is 14.4. The average Bonchev–Trinajstić information content (AvgIpc) is 3.02. The van der Waals surface area contributed by atoms with Crippen LogP contribution in [0.3, 0.4) is 0 Å². The molecular formula is C29H50F2N2O7Si3. The molecule has 0 spiro atoms. The summed E-state index contributed by atoms with van der Waals surface area (Å²) in [6.07, 6.45) is -3.07. The number of halogens is 2. The molecule has 1 aliphatic heterocycles. The van der Waals surface area contributed by atoms with Crippen molar-refractivity contribution < 1.29 is 31.9 Å². The van der Waals surface area contributed by atoms with Gasteiger partial charge in [-0.25, -0.2) is 9.59 Å². The quantitative estimate of drug-likeness (QED) is 0.231. The second-order valence-electron chi connectivity index (χ2n) is 15.4. The van der Waals surface area contributed by atoms with Gasteiger partial charge >= 0.3 is 17.7 Å². The van der Waals surface area contributed by atoms with Crippen LogP contribution in [0.25, 0.3) is 0 Å². The molecule has 3 atom stereocenters. The summed E-state index contributed by atoms with van der Waals surface area (Å²) in [5.41, 5.74) is 0.780. The van der Waals surface area contributed by atoms with E-state index in [0.717, 1.165) is 19.4 Å². The van der Waals surface area contributed by atoms with E-state index < -0.39 is 70.9 Å². The Balaban J connectivity index is 2.95. The molecule has 0 amide bonds. The lowest BCUT2D eigenvalue weighted by atomic mass is 9.95. The van der Waals surface area contributed by atoms with Gasteiger partial charge in [-0.2, -0.15) is 13.3 Å². The van der Waals surface area contributed by atoms with E-state index >= 15 is 8.78 Å². The first-order chi connectivity index (χ1) is 19.1. The number of nitrogens with zero attached hydrogens (tertiary/aromatic N) is 2. The van der Waals surface area contributed by atoms with Crippen LogP contribution < -0.4 is 11.2 Å². The van der Waals surface area contributed by atoms with Gasteiger partial charge in [0, 0.05) is 12.3 Å². The van der Waals surface area contributed by atoms with Crippen molar-refractivity contribution in [3.8, 4) is 0 Å². The zero-order chi connectivity index (χ0) is 33.6. The van der Waals surface area contributed by atoms with Gasteiger partial charge in [-0.1, -0.05) is 66.9 Å². The predicted octanol–water partition coefficient (Wildman–Crippen LogP) is 6.53. The predicted molar refractivity (Wildman–Crippen MR) is 172 cm³/mol. The Morgan fingerprint density at radius 2 is 1.56 bits per heavy atom. The summed E-state index contributed by atoms with van der Waals surface area (Å²) in [6.45, 7) is 25.6. The number of carbonyl (C=O) groups excluding carboxylic acids is 1. The molecule has 1 saturated heterocycles. The van der Waals surface area contributed by atoms with Crippen LogP contribution in [0.4, 0.5) is 13.6 Å². The number of carbonyl (C=O) groups is 1. The van der Waals surface area contributed by atoms with Crippen LogP contribution in [0.15, 0.2) is 39.4 Å². The van der Waals surface area contributed by atoms with Crippen LogP contribution in [-0.4, -0.2) is 71.3 Å². The van der Waals surface area contributed by atoms with Crippen molar-refractivity contribution in [3.63, 3.8) is 0 Å². The molecule has 1 aromatic rings. The molecule has 0 aliphatic carbocycles. The van der Waals surface area contributed by atoms with E-state index in [0.29, 0.717) is 4.57 Å². The maximum Gasteiger partial charge on any atom is 0.425 e. The van der Waals surface area contributed by atoms with Gasteiger partial charge in [0.1, 0.15) is 11.7 Å². The van der Waals surface area contributed by atoms with E-state index in [4.69, 9.17) is 13.6 Å². The molecule has 0 aromatic carbocycles. The maximum atomic E-state index is 16.9. The van der Waals surface area contributed by atoms with Gasteiger partial charge in [0.25, 0.3) is 5.56 Å². The minimum absolute atomic E-state index is 0.149. The van der Waals surface area contributed by atoms with E-state index in [9.17, 15) is 14.4 Å². The smallest absolute Gasteiger partial charge is 0.425 e. The van der Waals surface area contributed by atoms with Crippen LogP contribution in [0.2, 0.25) is 55.9 Å². The molecule has 14 heteroatoms. The zero-order valence-electron chi connectivity index (χ0n) is 28.2. The van der Waals surface area contributed by atoms with E-state index in [2.05, 4.69) is 30.1 Å². The average molecular weight is 661 g/mol. The van der Waals surface area contributed by atoms with Gasteiger partial charge < -0.3 is 18.3 Å². The highest BCUT2D eigenvalue weighted by molar-refractivity contribution is 6.80. The SMILES string of the molecule is COC(=O)n1c(=O)ccn([C@@H]2O[C@](C=C=C[Si](C)(C)C)(CO[Si](C)(C)C(C)(C)C)[C@@H](O[Si](C)(C)C(C)(C)C)C2(F)F)c1=O. The van der Waals surface area contributed by atoms with E-state index in [-0.39, 0.29) is 16.2 Å². The first-order valence-corrected chi connectivity index (χ1v) is 23.8. The Morgan fingerprint density at radius 3 is 2.02 bits per heavy atom. The van der Waals surface area contributed by atoms with Gasteiger partial charge in [-0.3, -0.25) is 9.36 Å². The number of hydrogen-bond acceptors (Lipinski definition) is 7. The highest BCUT2D eigenvalue weighted by Crippen LogP contribution is 2.53. The highest BCUT2D eigenvalue weighted by atomic mass is 28.4. The number of hydrogen-bond donors (Lipinski definition) is 0. The molecule has 43 heavy (non-hydrogen) atoms. The summed E-state index contributed by atoms with van der Waals surface area (Å²) in [5.74, 6) is -3.81. The standard InChI is InChI=1S/C29H50F2N2O7Si3/c1-26(2,3)42(11,12)38-20-28(17-15-19-41(8,9)10)22(40-43(13,14)27(4,5)6)29(30,31)23(39-28)32-18-16-21(34)33(24(32)35)25(36)37-7/h16-19,22-23H,20H2,1-14H3/t15?,22-,23-,28-/m1/s1. The summed E-state index contributed by atoms with van der Waals surface area (Å²) >= 11 is 0. The fourth-order valence-corrected chi connectivity index (χ4v) is 6.73. The van der Waals surface area contributed by atoms with Crippen LogP contribution in [0.1, 0.15) is 47.8 Å².